The molecule has 2 atom stereocenters. The number of hydrogen-bond donors (Lipinski definition) is 0. The Bertz CT molecular complexity index is 871. The van der Waals surface area contributed by atoms with E-state index in [-0.39, 0.29) is 38.8 Å². The van der Waals surface area contributed by atoms with E-state index in [2.05, 4.69) is 30.7 Å². The van der Waals surface area contributed by atoms with Gasteiger partial charge in [0.1, 0.15) is 12.0 Å². The van der Waals surface area contributed by atoms with E-state index in [9.17, 15) is 4.79 Å². The summed E-state index contributed by atoms with van der Waals surface area (Å²) in [6.07, 6.45) is 14.6. The molecule has 2 unspecified atom stereocenters. The molecule has 1 fully saturated rings. The van der Waals surface area contributed by atoms with Gasteiger partial charge in [-0.2, -0.15) is 5.10 Å². The van der Waals surface area contributed by atoms with Gasteiger partial charge in [-0.25, -0.2) is 9.97 Å². The van der Waals surface area contributed by atoms with Crippen molar-refractivity contribution in [2.75, 3.05) is 0 Å². The van der Waals surface area contributed by atoms with Gasteiger partial charge in [-0.15, -0.1) is 6.42 Å². The molecule has 0 amide bonds. The maximum absolute atomic E-state index is 11.0. The van der Waals surface area contributed by atoms with Gasteiger partial charge in [-0.05, 0) is 34.2 Å². The van der Waals surface area contributed by atoms with Crippen LogP contribution >= 0.6 is 9.39 Å². The molecule has 3 heterocycles. The van der Waals surface area contributed by atoms with Crippen LogP contribution in [0.3, 0.4) is 0 Å². The minimum absolute atomic E-state index is 0. The van der Waals surface area contributed by atoms with E-state index in [0.717, 1.165) is 35.1 Å². The van der Waals surface area contributed by atoms with Gasteiger partial charge < -0.3 is 9.13 Å². The summed E-state index contributed by atoms with van der Waals surface area (Å²) in [7, 11) is 2.62. The molecule has 1 saturated carbocycles. The van der Waals surface area contributed by atoms with Crippen LogP contribution in [-0.4, -0.2) is 30.4 Å². The molecule has 25 heavy (non-hydrogen) atoms. The quantitative estimate of drug-likeness (QED) is 0.462. The molecule has 1 radical (unpaired) electrons. The Balaban J connectivity index is 0.00000182. The molecule has 1 aliphatic rings. The van der Waals surface area contributed by atoms with Crippen LogP contribution in [0.1, 0.15) is 38.1 Å². The third-order valence-electron chi connectivity index (χ3n) is 4.96. The van der Waals surface area contributed by atoms with Crippen molar-refractivity contribution in [1.82, 2.24) is 24.1 Å². The third-order valence-corrected chi connectivity index (χ3v) is 5.38. The zero-order chi connectivity index (χ0) is 16.5. The average molecular weight is 429 g/mol. The summed E-state index contributed by atoms with van der Waals surface area (Å²) in [6.45, 7) is 0. The van der Waals surface area contributed by atoms with E-state index >= 15 is 0 Å². The van der Waals surface area contributed by atoms with Crippen molar-refractivity contribution in [2.24, 2.45) is 5.92 Å². The summed E-state index contributed by atoms with van der Waals surface area (Å²) in [5, 5.41) is 5.53. The van der Waals surface area contributed by atoms with E-state index in [1.54, 1.807) is 6.33 Å². The number of fused-ring (bicyclic) bond motifs is 1. The first-order valence-corrected chi connectivity index (χ1v) is 8.76. The monoisotopic (exact) mass is 429 g/mol. The van der Waals surface area contributed by atoms with Crippen LogP contribution in [0.15, 0.2) is 31.0 Å². The molecule has 0 saturated heterocycles. The Hall–Kier alpha value is -0.966. The topological polar surface area (TPSA) is 65.6 Å². The fourth-order valence-corrected chi connectivity index (χ4v) is 4.04. The number of carbonyl (C=O) groups excluding carboxylic acids is 1. The summed E-state index contributed by atoms with van der Waals surface area (Å²) in [4.78, 5) is 19.8. The van der Waals surface area contributed by atoms with Gasteiger partial charge in [0.2, 0.25) is 0 Å². The van der Waals surface area contributed by atoms with Crippen LogP contribution < -0.4 is 0 Å². The maximum atomic E-state index is 11.0. The average Bonchev–Trinajstić information content (AvgIpc) is 3.34. The first-order chi connectivity index (χ1) is 11.8. The molecule has 4 rings (SSSR count). The van der Waals surface area contributed by atoms with E-state index < -0.39 is 0 Å². The van der Waals surface area contributed by atoms with Crippen molar-refractivity contribution in [3.05, 3.63) is 31.0 Å². The number of rotatable bonds is 5. The molecule has 0 N–H and O–H groups in total. The summed E-state index contributed by atoms with van der Waals surface area (Å²) in [6, 6.07) is 2.10. The molecule has 127 valence electrons. The minimum atomic E-state index is 0. The normalized spacial score (nSPS) is 16.0. The van der Waals surface area contributed by atoms with Crippen LogP contribution in [-0.2, 0) is 37.5 Å². The molecule has 3 aromatic rings. The van der Waals surface area contributed by atoms with Crippen LogP contribution in [0.5, 0.6) is 0 Å². The minimum Gasteiger partial charge on any atom is -0.542 e. The first-order valence-electron chi connectivity index (χ1n) is 8.24. The Morgan fingerprint density at radius 3 is 2.88 bits per heavy atom. The van der Waals surface area contributed by atoms with Crippen molar-refractivity contribution < 1.29 is 37.5 Å². The fraction of sp³-hybridized carbons (Fsp3) is 0.412. The molecular formula is C17H19N5OPY-. The van der Waals surface area contributed by atoms with E-state index in [1.807, 2.05) is 33.7 Å². The fourth-order valence-electron chi connectivity index (χ4n) is 3.75. The van der Waals surface area contributed by atoms with Crippen molar-refractivity contribution in [1.29, 1.82) is 0 Å². The molecule has 0 bridgehead atoms. The molecule has 1 aliphatic carbocycles. The van der Waals surface area contributed by atoms with Gasteiger partial charge in [0.05, 0.1) is 11.9 Å². The van der Waals surface area contributed by atoms with Crippen molar-refractivity contribution in [2.45, 2.75) is 38.1 Å². The van der Waals surface area contributed by atoms with Crippen LogP contribution in [0, 0.1) is 5.92 Å². The SMILES string of the molecule is O=[C-]CC(C1CCCC1)n1cc(-c2ncnc3c2ccn3P)cn1.[Y]. The molecular weight excluding hydrogens is 410 g/mol. The Labute approximate surface area is 173 Å². The van der Waals surface area contributed by atoms with Gasteiger partial charge in [-0.1, -0.05) is 12.8 Å². The number of aromatic nitrogens is 5. The van der Waals surface area contributed by atoms with E-state index in [4.69, 9.17) is 0 Å². The second-order valence-electron chi connectivity index (χ2n) is 6.35. The summed E-state index contributed by atoms with van der Waals surface area (Å²) >= 11 is 0. The maximum Gasteiger partial charge on any atom is 0.146 e. The summed E-state index contributed by atoms with van der Waals surface area (Å²) in [5.74, 6) is 0.512. The summed E-state index contributed by atoms with van der Waals surface area (Å²) < 4.78 is 3.83. The van der Waals surface area contributed by atoms with Gasteiger partial charge in [-0.3, -0.25) is 11.0 Å². The Kier molecular flexibility index (Phi) is 6.14. The standard InChI is InChI=1S/C17H19N5OP.Y/c23-8-6-15(12-3-1-2-4-12)21-10-13(9-20-21)16-14-5-7-22(24)17(14)19-11-18-16;/h5,7,9-12,15H,1-4,6,24H2;/q-1;. The molecule has 0 aliphatic heterocycles. The predicted octanol–water partition coefficient (Wildman–Crippen LogP) is 3.16. The van der Waals surface area contributed by atoms with Gasteiger partial charge >= 0.3 is 0 Å². The van der Waals surface area contributed by atoms with E-state index in [0.29, 0.717) is 12.3 Å². The number of hydrogen-bond acceptors (Lipinski definition) is 4. The smallest absolute Gasteiger partial charge is 0.146 e. The molecule has 8 heteroatoms. The summed E-state index contributed by atoms with van der Waals surface area (Å²) in [5.41, 5.74) is 2.69. The zero-order valence-electron chi connectivity index (χ0n) is 13.9. The first kappa shape index (κ1) is 18.8. The van der Waals surface area contributed by atoms with E-state index in [1.165, 1.54) is 12.8 Å². The second-order valence-corrected chi connectivity index (χ2v) is 6.91. The third kappa shape index (κ3) is 3.62. The molecule has 6 nitrogen and oxygen atoms in total. The van der Waals surface area contributed by atoms with Crippen molar-refractivity contribution in [3.8, 4) is 11.3 Å². The molecule has 0 aromatic carbocycles. The van der Waals surface area contributed by atoms with Crippen LogP contribution in [0.2, 0.25) is 0 Å². The Morgan fingerprint density at radius 1 is 1.32 bits per heavy atom. The Morgan fingerprint density at radius 2 is 2.12 bits per heavy atom. The van der Waals surface area contributed by atoms with Gasteiger partial charge in [0, 0.05) is 62.1 Å². The van der Waals surface area contributed by atoms with Crippen LogP contribution in [0.4, 0.5) is 0 Å². The van der Waals surface area contributed by atoms with Gasteiger partial charge in [0.25, 0.3) is 0 Å². The molecule has 0 spiro atoms. The van der Waals surface area contributed by atoms with Crippen molar-refractivity contribution in [3.63, 3.8) is 0 Å². The second kappa shape index (κ2) is 8.15. The molecule has 3 aromatic heterocycles. The van der Waals surface area contributed by atoms with Gasteiger partial charge in [0.15, 0.2) is 0 Å². The van der Waals surface area contributed by atoms with Crippen molar-refractivity contribution >= 4 is 26.7 Å². The zero-order valence-corrected chi connectivity index (χ0v) is 17.9. The van der Waals surface area contributed by atoms with Crippen LogP contribution in [0.25, 0.3) is 22.3 Å². The predicted molar refractivity (Wildman–Crippen MR) is 95.2 cm³/mol. The largest absolute Gasteiger partial charge is 0.542 e. The number of nitrogens with zero attached hydrogens (tertiary/aromatic N) is 5.